The van der Waals surface area contributed by atoms with E-state index in [0.29, 0.717) is 6.61 Å². The van der Waals surface area contributed by atoms with Crippen molar-refractivity contribution in [3.63, 3.8) is 0 Å². The van der Waals surface area contributed by atoms with Gasteiger partial charge in [-0.25, -0.2) is 0 Å². The second-order valence-corrected chi connectivity index (χ2v) is 2.98. The van der Waals surface area contributed by atoms with Gasteiger partial charge in [0.1, 0.15) is 0 Å². The van der Waals surface area contributed by atoms with Crippen molar-refractivity contribution in [1.82, 2.24) is 0 Å². The first-order valence-electron chi connectivity index (χ1n) is 4.16. The van der Waals surface area contributed by atoms with E-state index < -0.39 is 0 Å². The zero-order chi connectivity index (χ0) is 8.53. The molecule has 0 saturated carbocycles. The molecule has 66 valence electrons. The zero-order valence-corrected chi connectivity index (χ0v) is 8.20. The molecule has 0 aliphatic carbocycles. The van der Waals surface area contributed by atoms with Gasteiger partial charge >= 0.3 is 0 Å². The minimum atomic E-state index is 0.674. The van der Waals surface area contributed by atoms with Gasteiger partial charge in [-0.1, -0.05) is 26.3 Å². The van der Waals surface area contributed by atoms with Crippen LogP contribution in [0.3, 0.4) is 0 Å². The van der Waals surface area contributed by atoms with E-state index in [1.165, 1.54) is 12.8 Å². The molecule has 0 spiro atoms. The van der Waals surface area contributed by atoms with E-state index in [2.05, 4.69) is 26.1 Å². The smallest absolute Gasteiger partial charge is 0.0682 e. The Hall–Kier alpha value is 0.0500. The van der Waals surface area contributed by atoms with Crippen LogP contribution in [0.25, 0.3) is 0 Å². The van der Waals surface area contributed by atoms with Crippen molar-refractivity contribution in [2.45, 2.75) is 26.2 Å². The molecule has 0 aromatic heterocycles. The molecule has 1 nitrogen and oxygen atoms in total. The van der Waals surface area contributed by atoms with Crippen LogP contribution in [0.2, 0.25) is 0 Å². The van der Waals surface area contributed by atoms with Crippen LogP contribution >= 0.6 is 12.6 Å². The van der Waals surface area contributed by atoms with E-state index in [9.17, 15) is 0 Å². The van der Waals surface area contributed by atoms with Gasteiger partial charge in [0, 0.05) is 12.4 Å². The summed E-state index contributed by atoms with van der Waals surface area (Å²) in [6.45, 7) is 7.51. The third kappa shape index (κ3) is 7.95. The predicted octanol–water partition coefficient (Wildman–Crippen LogP) is 2.68. The van der Waals surface area contributed by atoms with Gasteiger partial charge in [0.15, 0.2) is 0 Å². The fourth-order valence-electron chi connectivity index (χ4n) is 0.716. The molecule has 0 N–H and O–H groups in total. The van der Waals surface area contributed by atoms with Gasteiger partial charge in [0.2, 0.25) is 0 Å². The maximum Gasteiger partial charge on any atom is 0.0682 e. The number of hydrogen-bond donors (Lipinski definition) is 1. The highest BCUT2D eigenvalue weighted by molar-refractivity contribution is 7.80. The van der Waals surface area contributed by atoms with E-state index in [4.69, 9.17) is 4.74 Å². The Balaban J connectivity index is 2.95. The molecule has 0 saturated heterocycles. The summed E-state index contributed by atoms with van der Waals surface area (Å²) in [5, 5.41) is 0. The number of thiol groups is 1. The Kier molecular flexibility index (Phi) is 8.19. The third-order valence-corrected chi connectivity index (χ3v) is 1.87. The third-order valence-electron chi connectivity index (χ3n) is 1.42. The van der Waals surface area contributed by atoms with Crippen molar-refractivity contribution in [2.75, 3.05) is 19.0 Å². The minimum Gasteiger partial charge on any atom is -0.377 e. The maximum absolute atomic E-state index is 5.34. The molecular formula is C9H18OS. The number of hydrogen-bond acceptors (Lipinski definition) is 2. The quantitative estimate of drug-likeness (QED) is 0.355. The van der Waals surface area contributed by atoms with Gasteiger partial charge in [-0.15, -0.1) is 0 Å². The van der Waals surface area contributed by atoms with Gasteiger partial charge in [-0.05, 0) is 12.0 Å². The van der Waals surface area contributed by atoms with Gasteiger partial charge in [-0.2, -0.15) is 12.6 Å². The van der Waals surface area contributed by atoms with Gasteiger partial charge in [0.25, 0.3) is 0 Å². The first-order chi connectivity index (χ1) is 5.31. The molecule has 2 heteroatoms. The van der Waals surface area contributed by atoms with Crippen LogP contribution in [-0.2, 0) is 4.74 Å². The summed E-state index contributed by atoms with van der Waals surface area (Å²) in [7, 11) is 0. The molecule has 0 aliphatic rings. The lowest BCUT2D eigenvalue weighted by atomic mass is 10.3. The maximum atomic E-state index is 5.34. The van der Waals surface area contributed by atoms with E-state index in [1.807, 2.05) is 0 Å². The van der Waals surface area contributed by atoms with Crippen molar-refractivity contribution in [2.24, 2.45) is 0 Å². The Labute approximate surface area is 75.2 Å². The average Bonchev–Trinajstić information content (AvgIpc) is 2.04. The summed E-state index contributed by atoms with van der Waals surface area (Å²) >= 11 is 4.08. The second kappa shape index (κ2) is 8.15. The molecule has 0 amide bonds. The highest BCUT2D eigenvalue weighted by atomic mass is 32.1. The Morgan fingerprint density at radius 1 is 1.45 bits per heavy atom. The first-order valence-corrected chi connectivity index (χ1v) is 4.79. The van der Waals surface area contributed by atoms with Crippen molar-refractivity contribution < 1.29 is 4.74 Å². The summed E-state index contributed by atoms with van der Waals surface area (Å²) in [5.41, 5.74) is 1.06. The molecule has 0 unspecified atom stereocenters. The van der Waals surface area contributed by atoms with Crippen LogP contribution in [0.4, 0.5) is 0 Å². The number of unbranched alkanes of at least 4 members (excludes halogenated alkanes) is 2. The van der Waals surface area contributed by atoms with E-state index >= 15 is 0 Å². The summed E-state index contributed by atoms with van der Waals surface area (Å²) in [6, 6.07) is 0. The monoisotopic (exact) mass is 174 g/mol. The topological polar surface area (TPSA) is 9.23 Å². The molecule has 0 heterocycles. The Bertz CT molecular complexity index is 102. The molecule has 0 aromatic rings. The van der Waals surface area contributed by atoms with Crippen molar-refractivity contribution in [3.8, 4) is 0 Å². The number of rotatable bonds is 7. The lowest BCUT2D eigenvalue weighted by Gasteiger charge is -2.03. The van der Waals surface area contributed by atoms with Crippen molar-refractivity contribution in [1.29, 1.82) is 0 Å². The Morgan fingerprint density at radius 3 is 2.73 bits per heavy atom. The standard InChI is InChI=1S/C9H18OS/c1-3-4-5-6-10-7-9(2)8-11/h11H,2-8H2,1H3. The SMILES string of the molecule is C=C(CS)COCCCCC. The predicted molar refractivity (Wildman–Crippen MR) is 53.3 cm³/mol. The van der Waals surface area contributed by atoms with E-state index in [-0.39, 0.29) is 0 Å². The first kappa shape index (κ1) is 11.1. The van der Waals surface area contributed by atoms with Crippen LogP contribution in [0.5, 0.6) is 0 Å². The molecule has 0 aromatic carbocycles. The van der Waals surface area contributed by atoms with Crippen LogP contribution in [0.1, 0.15) is 26.2 Å². The average molecular weight is 174 g/mol. The molecule has 0 atom stereocenters. The van der Waals surface area contributed by atoms with Gasteiger partial charge < -0.3 is 4.74 Å². The normalized spacial score (nSPS) is 10.0. The fourth-order valence-corrected chi connectivity index (χ4v) is 0.808. The summed E-state index contributed by atoms with van der Waals surface area (Å²) in [6.07, 6.45) is 3.67. The Morgan fingerprint density at radius 2 is 2.18 bits per heavy atom. The highest BCUT2D eigenvalue weighted by Gasteiger charge is 1.90. The van der Waals surface area contributed by atoms with Gasteiger partial charge in [-0.3, -0.25) is 0 Å². The van der Waals surface area contributed by atoms with Crippen LogP contribution in [0, 0.1) is 0 Å². The van der Waals surface area contributed by atoms with E-state index in [1.54, 1.807) is 0 Å². The van der Waals surface area contributed by atoms with Crippen molar-refractivity contribution in [3.05, 3.63) is 12.2 Å². The fraction of sp³-hybridized carbons (Fsp3) is 0.778. The van der Waals surface area contributed by atoms with E-state index in [0.717, 1.165) is 24.4 Å². The van der Waals surface area contributed by atoms with Crippen LogP contribution in [0.15, 0.2) is 12.2 Å². The molecule has 0 radical (unpaired) electrons. The highest BCUT2D eigenvalue weighted by Crippen LogP contribution is 1.97. The minimum absolute atomic E-state index is 0.674. The van der Waals surface area contributed by atoms with Crippen LogP contribution in [-0.4, -0.2) is 19.0 Å². The number of ether oxygens (including phenoxy) is 1. The van der Waals surface area contributed by atoms with Crippen LogP contribution < -0.4 is 0 Å². The molecule has 11 heavy (non-hydrogen) atoms. The molecule has 0 rings (SSSR count). The lowest BCUT2D eigenvalue weighted by Crippen LogP contribution is -1.99. The second-order valence-electron chi connectivity index (χ2n) is 2.67. The zero-order valence-electron chi connectivity index (χ0n) is 7.31. The summed E-state index contributed by atoms with van der Waals surface area (Å²) < 4.78 is 5.34. The summed E-state index contributed by atoms with van der Waals surface area (Å²) in [5.74, 6) is 0.730. The molecule has 0 fully saturated rings. The largest absolute Gasteiger partial charge is 0.377 e. The molecule has 0 aliphatic heterocycles. The lowest BCUT2D eigenvalue weighted by molar-refractivity contribution is 0.152. The molecule has 0 bridgehead atoms. The van der Waals surface area contributed by atoms with Crippen molar-refractivity contribution >= 4 is 12.6 Å². The summed E-state index contributed by atoms with van der Waals surface area (Å²) in [4.78, 5) is 0. The molecular weight excluding hydrogens is 156 g/mol. The van der Waals surface area contributed by atoms with Gasteiger partial charge in [0.05, 0.1) is 6.61 Å².